The van der Waals surface area contributed by atoms with Crippen LogP contribution in [0.5, 0.6) is 0 Å². The van der Waals surface area contributed by atoms with Gasteiger partial charge in [0.15, 0.2) is 0 Å². The number of benzene rings is 1. The molecule has 1 rings (SSSR count). The molecular formula is C12H13F3N2. The minimum absolute atomic E-state index is 0.0668. The molecule has 0 unspecified atom stereocenters. The molecule has 0 saturated carbocycles. The lowest BCUT2D eigenvalue weighted by atomic mass is 9.89. The zero-order valence-corrected chi connectivity index (χ0v) is 9.81. The maximum atomic E-state index is 13.0. The Bertz CT molecular complexity index is 482. The summed E-state index contributed by atoms with van der Waals surface area (Å²) in [4.78, 5) is 0. The first-order valence-corrected chi connectivity index (χ1v) is 5.10. The molecule has 0 aliphatic carbocycles. The average molecular weight is 242 g/mol. The number of halogens is 3. The van der Waals surface area contributed by atoms with Crippen molar-refractivity contribution in [3.05, 3.63) is 28.3 Å². The summed E-state index contributed by atoms with van der Waals surface area (Å²) in [5.74, 6) is -0.346. The van der Waals surface area contributed by atoms with Crippen LogP contribution in [0.25, 0.3) is 0 Å². The lowest BCUT2D eigenvalue weighted by molar-refractivity contribution is -0.138. The van der Waals surface area contributed by atoms with E-state index in [-0.39, 0.29) is 28.3 Å². The first-order chi connectivity index (χ1) is 7.70. The smallest absolute Gasteiger partial charge is 0.398 e. The summed E-state index contributed by atoms with van der Waals surface area (Å²) in [6.45, 7) is 4.70. The van der Waals surface area contributed by atoms with Crippen molar-refractivity contribution in [3.8, 4) is 6.07 Å². The molecule has 0 saturated heterocycles. The molecule has 1 aromatic carbocycles. The van der Waals surface area contributed by atoms with Crippen LogP contribution in [0.15, 0.2) is 6.07 Å². The number of nitrogen functional groups attached to an aromatic ring is 1. The van der Waals surface area contributed by atoms with E-state index in [0.717, 1.165) is 0 Å². The van der Waals surface area contributed by atoms with Crippen LogP contribution in [0.3, 0.4) is 0 Å². The highest BCUT2D eigenvalue weighted by Crippen LogP contribution is 2.40. The van der Waals surface area contributed by atoms with Gasteiger partial charge in [-0.25, -0.2) is 0 Å². The quantitative estimate of drug-likeness (QED) is 0.765. The minimum atomic E-state index is -4.54. The van der Waals surface area contributed by atoms with E-state index in [1.165, 1.54) is 13.0 Å². The highest BCUT2D eigenvalue weighted by molar-refractivity contribution is 5.62. The van der Waals surface area contributed by atoms with E-state index in [1.54, 1.807) is 19.9 Å². The number of nitriles is 1. The molecule has 0 heterocycles. The SMILES string of the molecule is Cc1c(N)cc(C(C)C)c(C(F)(F)F)c1C#N. The van der Waals surface area contributed by atoms with Crippen LogP contribution in [-0.4, -0.2) is 0 Å². The monoisotopic (exact) mass is 242 g/mol. The van der Waals surface area contributed by atoms with Crippen LogP contribution < -0.4 is 5.73 Å². The molecule has 92 valence electrons. The second-order valence-electron chi connectivity index (χ2n) is 4.19. The average Bonchev–Trinajstić information content (AvgIpc) is 2.19. The largest absolute Gasteiger partial charge is 0.417 e. The second-order valence-corrected chi connectivity index (χ2v) is 4.19. The summed E-state index contributed by atoms with van der Waals surface area (Å²) in [5, 5.41) is 8.89. The van der Waals surface area contributed by atoms with Gasteiger partial charge in [-0.1, -0.05) is 13.8 Å². The van der Waals surface area contributed by atoms with Crippen LogP contribution in [-0.2, 0) is 6.18 Å². The van der Waals surface area contributed by atoms with Gasteiger partial charge in [-0.05, 0) is 30.0 Å². The molecular weight excluding hydrogens is 229 g/mol. The van der Waals surface area contributed by atoms with Crippen molar-refractivity contribution in [1.29, 1.82) is 5.26 Å². The zero-order chi connectivity index (χ0) is 13.4. The van der Waals surface area contributed by atoms with Gasteiger partial charge in [0.1, 0.15) is 6.07 Å². The van der Waals surface area contributed by atoms with Crippen LogP contribution in [0.4, 0.5) is 18.9 Å². The Balaban J connectivity index is 3.75. The first kappa shape index (κ1) is 13.4. The Hall–Kier alpha value is -1.70. The predicted molar refractivity (Wildman–Crippen MR) is 59.4 cm³/mol. The van der Waals surface area contributed by atoms with Crippen molar-refractivity contribution in [3.63, 3.8) is 0 Å². The van der Waals surface area contributed by atoms with Crippen molar-refractivity contribution in [2.75, 3.05) is 5.73 Å². The molecule has 2 N–H and O–H groups in total. The summed E-state index contributed by atoms with van der Waals surface area (Å²) in [5.41, 5.74) is 4.87. The normalized spacial score (nSPS) is 11.6. The van der Waals surface area contributed by atoms with E-state index >= 15 is 0 Å². The lowest BCUT2D eigenvalue weighted by Crippen LogP contribution is -2.15. The molecule has 5 heteroatoms. The van der Waals surface area contributed by atoms with Crippen LogP contribution >= 0.6 is 0 Å². The summed E-state index contributed by atoms with van der Waals surface area (Å²) in [6.07, 6.45) is -4.54. The fourth-order valence-corrected chi connectivity index (χ4v) is 1.72. The summed E-state index contributed by atoms with van der Waals surface area (Å²) in [7, 11) is 0. The summed E-state index contributed by atoms with van der Waals surface area (Å²) < 4.78 is 38.9. The van der Waals surface area contributed by atoms with Gasteiger partial charge >= 0.3 is 6.18 Å². The van der Waals surface area contributed by atoms with E-state index in [0.29, 0.717) is 0 Å². The first-order valence-electron chi connectivity index (χ1n) is 5.10. The van der Waals surface area contributed by atoms with Gasteiger partial charge < -0.3 is 5.73 Å². The van der Waals surface area contributed by atoms with Crippen LogP contribution in [0, 0.1) is 18.3 Å². The van der Waals surface area contributed by atoms with E-state index < -0.39 is 11.7 Å². The number of hydrogen-bond acceptors (Lipinski definition) is 2. The number of anilines is 1. The second kappa shape index (κ2) is 4.28. The summed E-state index contributed by atoms with van der Waals surface area (Å²) in [6, 6.07) is 2.92. The molecule has 0 aromatic heterocycles. The third-order valence-electron chi connectivity index (χ3n) is 2.67. The molecule has 0 fully saturated rings. The Labute approximate surface area is 97.9 Å². The van der Waals surface area contributed by atoms with Crippen LogP contribution in [0.1, 0.15) is 42.0 Å². The maximum absolute atomic E-state index is 13.0. The third kappa shape index (κ3) is 2.36. The molecule has 0 amide bonds. The van der Waals surface area contributed by atoms with Crippen molar-refractivity contribution in [2.45, 2.75) is 32.9 Å². The Kier molecular flexibility index (Phi) is 3.37. The fourth-order valence-electron chi connectivity index (χ4n) is 1.72. The predicted octanol–water partition coefficient (Wildman–Crippen LogP) is 3.59. The van der Waals surface area contributed by atoms with Gasteiger partial charge in [0.25, 0.3) is 0 Å². The van der Waals surface area contributed by atoms with Crippen molar-refractivity contribution < 1.29 is 13.2 Å². The Morgan fingerprint density at radius 3 is 2.24 bits per heavy atom. The lowest BCUT2D eigenvalue weighted by Gasteiger charge is -2.19. The molecule has 0 radical (unpaired) electrons. The van der Waals surface area contributed by atoms with Gasteiger partial charge in [-0.2, -0.15) is 18.4 Å². The fraction of sp³-hybridized carbons (Fsp3) is 0.417. The molecule has 0 aliphatic heterocycles. The number of alkyl halides is 3. The van der Waals surface area contributed by atoms with Crippen molar-refractivity contribution in [1.82, 2.24) is 0 Å². The molecule has 0 bridgehead atoms. The van der Waals surface area contributed by atoms with Gasteiger partial charge in [0, 0.05) is 5.69 Å². The minimum Gasteiger partial charge on any atom is -0.398 e. The van der Waals surface area contributed by atoms with E-state index in [9.17, 15) is 13.2 Å². The highest BCUT2D eigenvalue weighted by Gasteiger charge is 2.38. The molecule has 17 heavy (non-hydrogen) atoms. The summed E-state index contributed by atoms with van der Waals surface area (Å²) >= 11 is 0. The number of hydrogen-bond donors (Lipinski definition) is 1. The van der Waals surface area contributed by atoms with E-state index in [2.05, 4.69) is 0 Å². The third-order valence-corrected chi connectivity index (χ3v) is 2.67. The molecule has 1 aromatic rings. The van der Waals surface area contributed by atoms with Gasteiger partial charge in [-0.3, -0.25) is 0 Å². The van der Waals surface area contributed by atoms with Crippen molar-refractivity contribution >= 4 is 5.69 Å². The number of rotatable bonds is 1. The molecule has 0 aliphatic rings. The van der Waals surface area contributed by atoms with Crippen molar-refractivity contribution in [2.24, 2.45) is 0 Å². The Morgan fingerprint density at radius 1 is 1.35 bits per heavy atom. The van der Waals surface area contributed by atoms with Gasteiger partial charge in [0.05, 0.1) is 11.1 Å². The van der Waals surface area contributed by atoms with Crippen LogP contribution in [0.2, 0.25) is 0 Å². The van der Waals surface area contributed by atoms with E-state index in [1.807, 2.05) is 0 Å². The Morgan fingerprint density at radius 2 is 1.88 bits per heavy atom. The standard InChI is InChI=1S/C12H13F3N2/c1-6(2)8-4-10(17)7(3)9(5-16)11(8)12(13,14)15/h4,6H,17H2,1-3H3. The van der Waals surface area contributed by atoms with Gasteiger partial charge in [0.2, 0.25) is 0 Å². The van der Waals surface area contributed by atoms with Gasteiger partial charge in [-0.15, -0.1) is 0 Å². The number of nitrogens with zero attached hydrogens (tertiary/aromatic N) is 1. The molecule has 0 spiro atoms. The zero-order valence-electron chi connectivity index (χ0n) is 9.81. The highest BCUT2D eigenvalue weighted by atomic mass is 19.4. The molecule has 2 nitrogen and oxygen atoms in total. The topological polar surface area (TPSA) is 49.8 Å². The number of nitrogens with two attached hydrogens (primary N) is 1. The maximum Gasteiger partial charge on any atom is 0.417 e. The van der Waals surface area contributed by atoms with E-state index in [4.69, 9.17) is 11.0 Å². The molecule has 0 atom stereocenters.